The van der Waals surface area contributed by atoms with Gasteiger partial charge in [-0.25, -0.2) is 0 Å². The van der Waals surface area contributed by atoms with Crippen LogP contribution >= 0.6 is 34.5 Å². The Bertz CT molecular complexity index is 972. The van der Waals surface area contributed by atoms with Crippen LogP contribution in [0.2, 0.25) is 10.0 Å². The second-order valence-corrected chi connectivity index (χ2v) is 6.99. The summed E-state index contributed by atoms with van der Waals surface area (Å²) in [6.45, 7) is 4.82. The van der Waals surface area contributed by atoms with Crippen LogP contribution in [0.4, 0.5) is 0 Å². The Morgan fingerprint density at radius 1 is 1.22 bits per heavy atom. The highest BCUT2D eigenvalue weighted by Crippen LogP contribution is 2.22. The molecule has 0 radical (unpaired) electrons. The van der Waals surface area contributed by atoms with Gasteiger partial charge in [0.1, 0.15) is 0 Å². The fourth-order valence-electron chi connectivity index (χ4n) is 2.38. The van der Waals surface area contributed by atoms with Crippen LogP contribution in [0.15, 0.2) is 41.4 Å². The summed E-state index contributed by atoms with van der Waals surface area (Å²) >= 11 is 13.5. The van der Waals surface area contributed by atoms with Crippen molar-refractivity contribution < 1.29 is 4.79 Å². The number of thiazole rings is 1. The summed E-state index contributed by atoms with van der Waals surface area (Å²) < 4.78 is 3.14. The van der Waals surface area contributed by atoms with Gasteiger partial charge in [-0.15, -0.1) is 0 Å². The molecule has 0 spiro atoms. The lowest BCUT2D eigenvalue weighted by atomic mass is 10.2. The van der Waals surface area contributed by atoms with E-state index in [0.717, 1.165) is 16.8 Å². The molecule has 3 nitrogen and oxygen atoms in total. The molecule has 1 heterocycles. The minimum Gasteiger partial charge on any atom is -0.317 e. The van der Waals surface area contributed by atoms with E-state index in [4.69, 9.17) is 23.2 Å². The van der Waals surface area contributed by atoms with Gasteiger partial charge in [0.25, 0.3) is 5.91 Å². The maximum Gasteiger partial charge on any atom is 0.281 e. The van der Waals surface area contributed by atoms with Crippen LogP contribution in [0.1, 0.15) is 22.8 Å². The van der Waals surface area contributed by atoms with Crippen LogP contribution in [0.3, 0.4) is 0 Å². The third-order valence-electron chi connectivity index (χ3n) is 3.51. The zero-order valence-electron chi connectivity index (χ0n) is 12.6. The van der Waals surface area contributed by atoms with Crippen LogP contribution in [-0.4, -0.2) is 10.5 Å². The quantitative estimate of drug-likeness (QED) is 0.624. The molecule has 0 unspecified atom stereocenters. The minimum atomic E-state index is -0.364. The van der Waals surface area contributed by atoms with Crippen molar-refractivity contribution in [1.82, 2.24) is 4.57 Å². The highest BCUT2D eigenvalue weighted by atomic mass is 35.5. The molecule has 118 valence electrons. The summed E-state index contributed by atoms with van der Waals surface area (Å²) in [5.74, 6) is -0.364. The van der Waals surface area contributed by atoms with Crippen molar-refractivity contribution in [3.8, 4) is 0 Å². The van der Waals surface area contributed by atoms with Crippen molar-refractivity contribution >= 4 is 50.7 Å². The molecule has 0 bridgehead atoms. The number of carbonyl (C=O) groups is 1. The number of fused-ring (bicyclic) bond motifs is 1. The average molecular weight is 365 g/mol. The van der Waals surface area contributed by atoms with Crippen LogP contribution in [0, 0.1) is 6.92 Å². The molecule has 1 amide bonds. The Hall–Kier alpha value is -1.62. The second-order valence-electron chi connectivity index (χ2n) is 5.14. The van der Waals surface area contributed by atoms with Crippen molar-refractivity contribution in [3.05, 3.63) is 62.4 Å². The number of hydrogen-bond acceptors (Lipinski definition) is 2. The van der Waals surface area contributed by atoms with Crippen LogP contribution in [0.25, 0.3) is 10.2 Å². The van der Waals surface area contributed by atoms with Gasteiger partial charge in [0.05, 0.1) is 20.8 Å². The third-order valence-corrected chi connectivity index (χ3v) is 5.10. The number of aryl methyl sites for hydroxylation is 2. The standard InChI is InChI=1S/C17H14Cl2N2OS/c1-3-21-14-7-4-10(2)8-15(14)23-17(21)20-16(22)12-6-5-11(18)9-13(12)19/h4-9H,3H2,1-2H3. The van der Waals surface area contributed by atoms with Crippen molar-refractivity contribution in [2.45, 2.75) is 20.4 Å². The molecule has 0 N–H and O–H groups in total. The molecular weight excluding hydrogens is 351 g/mol. The van der Waals surface area contributed by atoms with Gasteiger partial charge in [0, 0.05) is 11.6 Å². The highest BCUT2D eigenvalue weighted by Gasteiger charge is 2.12. The molecule has 0 aliphatic carbocycles. The predicted octanol–water partition coefficient (Wildman–Crippen LogP) is 5.08. The summed E-state index contributed by atoms with van der Waals surface area (Å²) in [7, 11) is 0. The number of amides is 1. The van der Waals surface area contributed by atoms with Gasteiger partial charge >= 0.3 is 0 Å². The van der Waals surface area contributed by atoms with E-state index >= 15 is 0 Å². The van der Waals surface area contributed by atoms with Crippen molar-refractivity contribution in [3.63, 3.8) is 0 Å². The van der Waals surface area contributed by atoms with Gasteiger partial charge in [-0.2, -0.15) is 4.99 Å². The summed E-state index contributed by atoms with van der Waals surface area (Å²) in [6, 6.07) is 11.0. The molecule has 0 atom stereocenters. The van der Waals surface area contributed by atoms with E-state index in [9.17, 15) is 4.79 Å². The summed E-state index contributed by atoms with van der Waals surface area (Å²) in [5, 5.41) is 0.804. The Labute approximate surface area is 147 Å². The van der Waals surface area contributed by atoms with E-state index in [0.29, 0.717) is 20.4 Å². The Morgan fingerprint density at radius 3 is 2.70 bits per heavy atom. The summed E-state index contributed by atoms with van der Waals surface area (Å²) in [4.78, 5) is 17.4. The first kappa shape index (κ1) is 16.2. The number of hydrogen-bond donors (Lipinski definition) is 0. The summed E-state index contributed by atoms with van der Waals surface area (Å²) in [6.07, 6.45) is 0. The van der Waals surface area contributed by atoms with Gasteiger partial charge in [-0.05, 0) is 49.7 Å². The van der Waals surface area contributed by atoms with Gasteiger partial charge in [-0.3, -0.25) is 4.79 Å². The summed E-state index contributed by atoms with van der Waals surface area (Å²) in [5.41, 5.74) is 2.62. The second kappa shape index (κ2) is 6.48. The zero-order valence-corrected chi connectivity index (χ0v) is 15.0. The number of halogens is 2. The first-order valence-electron chi connectivity index (χ1n) is 7.13. The molecule has 0 saturated heterocycles. The van der Waals surface area contributed by atoms with Gasteiger partial charge < -0.3 is 4.57 Å². The largest absolute Gasteiger partial charge is 0.317 e. The smallest absolute Gasteiger partial charge is 0.281 e. The third kappa shape index (κ3) is 3.20. The topological polar surface area (TPSA) is 34.4 Å². The number of rotatable bonds is 2. The molecular formula is C17H14Cl2N2OS. The van der Waals surface area contributed by atoms with E-state index in [2.05, 4.69) is 23.2 Å². The molecule has 3 rings (SSSR count). The molecule has 0 saturated carbocycles. The molecule has 2 aromatic carbocycles. The zero-order chi connectivity index (χ0) is 16.6. The Morgan fingerprint density at radius 2 is 2.00 bits per heavy atom. The minimum absolute atomic E-state index is 0.311. The average Bonchev–Trinajstić information content (AvgIpc) is 2.82. The van der Waals surface area contributed by atoms with E-state index in [1.54, 1.807) is 18.2 Å². The van der Waals surface area contributed by atoms with Gasteiger partial charge in [0.2, 0.25) is 0 Å². The highest BCUT2D eigenvalue weighted by molar-refractivity contribution is 7.16. The molecule has 0 aliphatic rings. The van der Waals surface area contributed by atoms with Crippen molar-refractivity contribution in [1.29, 1.82) is 0 Å². The fourth-order valence-corrected chi connectivity index (χ4v) is 4.06. The van der Waals surface area contributed by atoms with Gasteiger partial charge in [-0.1, -0.05) is 40.6 Å². The van der Waals surface area contributed by atoms with Gasteiger partial charge in [0.15, 0.2) is 4.80 Å². The number of nitrogens with zero attached hydrogens (tertiary/aromatic N) is 2. The number of benzene rings is 2. The van der Waals surface area contributed by atoms with Crippen LogP contribution in [0.5, 0.6) is 0 Å². The maximum atomic E-state index is 12.5. The normalized spacial score (nSPS) is 12.1. The molecule has 0 aliphatic heterocycles. The first-order chi connectivity index (χ1) is 11.0. The molecule has 1 aromatic heterocycles. The van der Waals surface area contributed by atoms with Crippen molar-refractivity contribution in [2.24, 2.45) is 4.99 Å². The van der Waals surface area contributed by atoms with E-state index in [1.165, 1.54) is 16.9 Å². The Kier molecular flexibility index (Phi) is 4.57. The molecule has 0 fully saturated rings. The molecule has 6 heteroatoms. The van der Waals surface area contributed by atoms with Crippen LogP contribution in [-0.2, 0) is 6.54 Å². The molecule has 23 heavy (non-hydrogen) atoms. The lowest BCUT2D eigenvalue weighted by Gasteiger charge is -2.01. The maximum absolute atomic E-state index is 12.5. The monoisotopic (exact) mass is 364 g/mol. The first-order valence-corrected chi connectivity index (χ1v) is 8.71. The van der Waals surface area contributed by atoms with E-state index in [1.807, 2.05) is 18.4 Å². The fraction of sp³-hybridized carbons (Fsp3) is 0.176. The molecule has 3 aromatic rings. The lowest BCUT2D eigenvalue weighted by molar-refractivity contribution is 0.0998. The van der Waals surface area contributed by atoms with E-state index < -0.39 is 0 Å². The lowest BCUT2D eigenvalue weighted by Crippen LogP contribution is -2.16. The van der Waals surface area contributed by atoms with Crippen LogP contribution < -0.4 is 4.80 Å². The number of aromatic nitrogens is 1. The predicted molar refractivity (Wildman–Crippen MR) is 96.6 cm³/mol. The number of carbonyl (C=O) groups excluding carboxylic acids is 1. The SMILES string of the molecule is CCn1c(=NC(=O)c2ccc(Cl)cc2Cl)sc2cc(C)ccc21. The van der Waals surface area contributed by atoms with E-state index in [-0.39, 0.29) is 5.91 Å². The Balaban J connectivity index is 2.15. The van der Waals surface area contributed by atoms with Crippen molar-refractivity contribution in [2.75, 3.05) is 0 Å².